The smallest absolute Gasteiger partial charge is 0.289 e. The number of hydrogen-bond acceptors (Lipinski definition) is 7. The van der Waals surface area contributed by atoms with Gasteiger partial charge in [0.15, 0.2) is 11.7 Å². The second-order valence-corrected chi connectivity index (χ2v) is 6.00. The Bertz CT molecular complexity index is 688. The topological polar surface area (TPSA) is 97.3 Å². The van der Waals surface area contributed by atoms with Crippen LogP contribution in [0, 0.1) is 6.92 Å². The molecule has 0 saturated carbocycles. The van der Waals surface area contributed by atoms with E-state index in [-0.39, 0.29) is 18.2 Å². The molecular formula is C16H23N5O3. The second kappa shape index (κ2) is 7.57. The van der Waals surface area contributed by atoms with Crippen LogP contribution in [0.25, 0.3) is 0 Å². The van der Waals surface area contributed by atoms with Crippen LogP contribution in [0.3, 0.4) is 0 Å². The molecule has 1 fully saturated rings. The number of nitrogens with zero attached hydrogens (tertiary/aromatic N) is 4. The molecule has 0 spiro atoms. The molecule has 1 amide bonds. The van der Waals surface area contributed by atoms with Gasteiger partial charge in [-0.1, -0.05) is 18.5 Å². The van der Waals surface area contributed by atoms with Gasteiger partial charge >= 0.3 is 0 Å². The van der Waals surface area contributed by atoms with Gasteiger partial charge in [-0.25, -0.2) is 4.98 Å². The van der Waals surface area contributed by atoms with E-state index in [0.29, 0.717) is 36.3 Å². The molecule has 8 nitrogen and oxygen atoms in total. The molecule has 2 aromatic heterocycles. The fourth-order valence-electron chi connectivity index (χ4n) is 2.79. The summed E-state index contributed by atoms with van der Waals surface area (Å²) in [6.45, 7) is 6.69. The van der Waals surface area contributed by atoms with E-state index in [1.54, 1.807) is 6.92 Å². The molecule has 0 radical (unpaired) electrons. The molecule has 0 bridgehead atoms. The predicted octanol–water partition coefficient (Wildman–Crippen LogP) is 1.84. The summed E-state index contributed by atoms with van der Waals surface area (Å²) in [5.74, 6) is 1.52. The molecule has 0 atom stereocenters. The van der Waals surface area contributed by atoms with Crippen molar-refractivity contribution in [3.63, 3.8) is 0 Å². The number of hydrogen-bond donors (Lipinski definition) is 1. The van der Waals surface area contributed by atoms with Gasteiger partial charge < -0.3 is 14.3 Å². The lowest BCUT2D eigenvalue weighted by atomic mass is 10.1. The van der Waals surface area contributed by atoms with Crippen LogP contribution in [0.1, 0.15) is 60.0 Å². The first-order valence-corrected chi connectivity index (χ1v) is 8.44. The monoisotopic (exact) mass is 333 g/mol. The number of rotatable bonds is 6. The van der Waals surface area contributed by atoms with Crippen LogP contribution >= 0.6 is 0 Å². The Hall–Kier alpha value is -2.22. The van der Waals surface area contributed by atoms with E-state index in [9.17, 15) is 4.79 Å². The number of piperidine rings is 1. The summed E-state index contributed by atoms with van der Waals surface area (Å²) in [5.41, 5.74) is 0.584. The standard InChI is InChI=1S/C16H23N5O3/c1-3-13-18-11(2)15(23-13)16(22)17-9-14-19-12(20-24-14)10-21-7-5-4-6-8-21/h3-10H2,1-2H3,(H,17,22). The summed E-state index contributed by atoms with van der Waals surface area (Å²) in [7, 11) is 0. The highest BCUT2D eigenvalue weighted by Gasteiger charge is 2.18. The van der Waals surface area contributed by atoms with Crippen molar-refractivity contribution in [2.75, 3.05) is 13.1 Å². The lowest BCUT2D eigenvalue weighted by Gasteiger charge is -2.24. The molecule has 3 heterocycles. The van der Waals surface area contributed by atoms with Crippen molar-refractivity contribution in [1.82, 2.24) is 25.3 Å². The van der Waals surface area contributed by atoms with Crippen molar-refractivity contribution in [3.8, 4) is 0 Å². The van der Waals surface area contributed by atoms with Crippen LogP contribution in [0.2, 0.25) is 0 Å². The highest BCUT2D eigenvalue weighted by molar-refractivity contribution is 5.92. The summed E-state index contributed by atoms with van der Waals surface area (Å²) in [5, 5.41) is 6.71. The normalized spacial score (nSPS) is 15.6. The molecule has 8 heteroatoms. The van der Waals surface area contributed by atoms with Crippen molar-refractivity contribution < 1.29 is 13.7 Å². The summed E-state index contributed by atoms with van der Waals surface area (Å²) in [4.78, 5) is 23.0. The number of carbonyl (C=O) groups excluding carboxylic acids is 1. The maximum absolute atomic E-state index is 12.1. The van der Waals surface area contributed by atoms with Gasteiger partial charge in [0.05, 0.1) is 18.8 Å². The van der Waals surface area contributed by atoms with Gasteiger partial charge in [0.1, 0.15) is 0 Å². The molecular weight excluding hydrogens is 310 g/mol. The highest BCUT2D eigenvalue weighted by Crippen LogP contribution is 2.12. The molecule has 24 heavy (non-hydrogen) atoms. The van der Waals surface area contributed by atoms with E-state index < -0.39 is 0 Å². The number of aryl methyl sites for hydroxylation is 2. The molecule has 0 aromatic carbocycles. The van der Waals surface area contributed by atoms with Crippen LogP contribution in [0.15, 0.2) is 8.94 Å². The lowest BCUT2D eigenvalue weighted by molar-refractivity contribution is 0.0916. The Morgan fingerprint density at radius 1 is 1.21 bits per heavy atom. The summed E-state index contributed by atoms with van der Waals surface area (Å²) >= 11 is 0. The van der Waals surface area contributed by atoms with E-state index >= 15 is 0 Å². The molecule has 0 unspecified atom stereocenters. The van der Waals surface area contributed by atoms with E-state index in [4.69, 9.17) is 8.94 Å². The third kappa shape index (κ3) is 4.00. The van der Waals surface area contributed by atoms with E-state index in [1.165, 1.54) is 19.3 Å². The van der Waals surface area contributed by atoms with Crippen LogP contribution in [-0.4, -0.2) is 39.0 Å². The van der Waals surface area contributed by atoms with Crippen molar-refractivity contribution in [2.45, 2.75) is 52.6 Å². The molecule has 1 aliphatic heterocycles. The second-order valence-electron chi connectivity index (χ2n) is 6.00. The van der Waals surface area contributed by atoms with E-state index in [2.05, 4.69) is 25.3 Å². The van der Waals surface area contributed by atoms with Gasteiger partial charge in [0.25, 0.3) is 5.91 Å². The molecule has 1 aliphatic rings. The fourth-order valence-corrected chi connectivity index (χ4v) is 2.79. The molecule has 0 aliphatic carbocycles. The van der Waals surface area contributed by atoms with Crippen LogP contribution < -0.4 is 5.32 Å². The number of aromatic nitrogens is 3. The Morgan fingerprint density at radius 3 is 2.71 bits per heavy atom. The molecule has 130 valence electrons. The van der Waals surface area contributed by atoms with Crippen molar-refractivity contribution >= 4 is 5.91 Å². The maximum Gasteiger partial charge on any atom is 0.289 e. The first-order chi connectivity index (χ1) is 11.7. The largest absolute Gasteiger partial charge is 0.435 e. The van der Waals surface area contributed by atoms with Gasteiger partial charge in [0, 0.05) is 6.42 Å². The third-order valence-electron chi connectivity index (χ3n) is 4.07. The SMILES string of the molecule is CCc1nc(C)c(C(=O)NCc2nc(CN3CCCCC3)no2)o1. The average Bonchev–Trinajstić information content (AvgIpc) is 3.20. The minimum absolute atomic E-state index is 0.174. The van der Waals surface area contributed by atoms with Crippen LogP contribution in [-0.2, 0) is 19.5 Å². The van der Waals surface area contributed by atoms with Crippen molar-refractivity contribution in [2.24, 2.45) is 0 Å². The summed E-state index contributed by atoms with van der Waals surface area (Å²) < 4.78 is 10.6. The maximum atomic E-state index is 12.1. The quantitative estimate of drug-likeness (QED) is 0.861. The predicted molar refractivity (Wildman–Crippen MR) is 85.2 cm³/mol. The van der Waals surface area contributed by atoms with E-state index in [1.807, 2.05) is 6.92 Å². The number of nitrogens with one attached hydrogen (secondary N) is 1. The Kier molecular flexibility index (Phi) is 5.24. The van der Waals surface area contributed by atoms with Gasteiger partial charge in [-0.05, 0) is 32.9 Å². The Labute approximate surface area is 140 Å². The number of carbonyl (C=O) groups is 1. The molecule has 2 aromatic rings. The molecule has 1 saturated heterocycles. The van der Waals surface area contributed by atoms with Crippen molar-refractivity contribution in [1.29, 1.82) is 0 Å². The number of likely N-dealkylation sites (tertiary alicyclic amines) is 1. The zero-order valence-electron chi connectivity index (χ0n) is 14.2. The first kappa shape index (κ1) is 16.6. The van der Waals surface area contributed by atoms with E-state index in [0.717, 1.165) is 13.1 Å². The molecule has 3 rings (SSSR count). The van der Waals surface area contributed by atoms with Crippen LogP contribution in [0.4, 0.5) is 0 Å². The third-order valence-corrected chi connectivity index (χ3v) is 4.07. The highest BCUT2D eigenvalue weighted by atomic mass is 16.5. The summed E-state index contributed by atoms with van der Waals surface area (Å²) in [6.07, 6.45) is 4.38. The lowest BCUT2D eigenvalue weighted by Crippen LogP contribution is -2.29. The van der Waals surface area contributed by atoms with Gasteiger partial charge in [0.2, 0.25) is 11.7 Å². The molecule has 1 N–H and O–H groups in total. The number of amides is 1. The van der Waals surface area contributed by atoms with Gasteiger partial charge in [-0.2, -0.15) is 4.98 Å². The minimum Gasteiger partial charge on any atom is -0.435 e. The van der Waals surface area contributed by atoms with Crippen LogP contribution in [0.5, 0.6) is 0 Å². The van der Waals surface area contributed by atoms with Gasteiger partial charge in [-0.15, -0.1) is 0 Å². The first-order valence-electron chi connectivity index (χ1n) is 8.44. The number of oxazole rings is 1. The zero-order chi connectivity index (χ0) is 16.9. The minimum atomic E-state index is -0.324. The summed E-state index contributed by atoms with van der Waals surface area (Å²) in [6, 6.07) is 0. The zero-order valence-corrected chi connectivity index (χ0v) is 14.2. The average molecular weight is 333 g/mol. The Morgan fingerprint density at radius 2 is 2.00 bits per heavy atom. The Balaban J connectivity index is 1.52. The van der Waals surface area contributed by atoms with Gasteiger partial charge in [-0.3, -0.25) is 9.69 Å². The van der Waals surface area contributed by atoms with Crippen molar-refractivity contribution in [3.05, 3.63) is 29.1 Å². The fraction of sp³-hybridized carbons (Fsp3) is 0.625.